The summed E-state index contributed by atoms with van der Waals surface area (Å²) in [6, 6.07) is 0. The van der Waals surface area contributed by atoms with Crippen molar-refractivity contribution in [1.82, 2.24) is 29.5 Å². The second-order valence-corrected chi connectivity index (χ2v) is 7.98. The van der Waals surface area contributed by atoms with Crippen LogP contribution in [-0.4, -0.2) is 61.3 Å². The minimum absolute atomic E-state index is 0.0390. The molecule has 0 aliphatic carbocycles. The highest BCUT2D eigenvalue weighted by Gasteiger charge is 2.24. The van der Waals surface area contributed by atoms with E-state index in [0.29, 0.717) is 35.7 Å². The molecule has 10 nitrogen and oxygen atoms in total. The van der Waals surface area contributed by atoms with Crippen molar-refractivity contribution in [2.45, 2.75) is 38.8 Å². The standard InChI is InChI=1S/C15H26N8O2S/c1-8-23-11(3)13(10(2)20-23)26(24,25)16-9-12-17-14(21(4)5)19-15(18-12)22(6)7/h16H,8-9H2,1-7H3. The molecule has 0 spiro atoms. The first-order chi connectivity index (χ1) is 12.1. The van der Waals surface area contributed by atoms with Crippen LogP contribution in [0.2, 0.25) is 0 Å². The molecule has 0 saturated carbocycles. The summed E-state index contributed by atoms with van der Waals surface area (Å²) in [6.45, 7) is 5.91. The van der Waals surface area contributed by atoms with E-state index in [1.807, 2.05) is 35.1 Å². The second-order valence-electron chi connectivity index (χ2n) is 6.28. The average Bonchev–Trinajstić information content (AvgIpc) is 2.87. The lowest BCUT2D eigenvalue weighted by Crippen LogP contribution is -2.27. The molecule has 0 amide bonds. The maximum atomic E-state index is 12.8. The molecule has 11 heteroatoms. The smallest absolute Gasteiger partial charge is 0.244 e. The van der Waals surface area contributed by atoms with Crippen molar-refractivity contribution in [2.75, 3.05) is 38.0 Å². The molecule has 1 N–H and O–H groups in total. The molecule has 2 aromatic heterocycles. The monoisotopic (exact) mass is 382 g/mol. The number of nitrogens with zero attached hydrogens (tertiary/aromatic N) is 7. The third kappa shape index (κ3) is 4.10. The van der Waals surface area contributed by atoms with Crippen molar-refractivity contribution in [3.05, 3.63) is 17.2 Å². The Kier molecular flexibility index (Phi) is 5.81. The highest BCUT2D eigenvalue weighted by atomic mass is 32.2. The summed E-state index contributed by atoms with van der Waals surface area (Å²) in [4.78, 5) is 16.6. The van der Waals surface area contributed by atoms with Crippen LogP contribution in [0.3, 0.4) is 0 Å². The maximum absolute atomic E-state index is 12.8. The zero-order valence-electron chi connectivity index (χ0n) is 16.3. The number of rotatable bonds is 7. The first-order valence-electron chi connectivity index (χ1n) is 8.20. The summed E-state index contributed by atoms with van der Waals surface area (Å²) in [7, 11) is 3.52. The van der Waals surface area contributed by atoms with E-state index < -0.39 is 10.0 Å². The van der Waals surface area contributed by atoms with Crippen molar-refractivity contribution in [3.8, 4) is 0 Å². The number of nitrogens with one attached hydrogen (secondary N) is 1. The van der Waals surface area contributed by atoms with Gasteiger partial charge in [0, 0.05) is 34.7 Å². The number of hydrogen-bond acceptors (Lipinski definition) is 8. The zero-order chi connectivity index (χ0) is 19.6. The van der Waals surface area contributed by atoms with E-state index in [-0.39, 0.29) is 11.4 Å². The van der Waals surface area contributed by atoms with Gasteiger partial charge in [0.05, 0.1) is 17.9 Å². The first kappa shape index (κ1) is 20.0. The van der Waals surface area contributed by atoms with Crippen molar-refractivity contribution < 1.29 is 8.42 Å². The number of sulfonamides is 1. The van der Waals surface area contributed by atoms with E-state index in [9.17, 15) is 8.42 Å². The predicted octanol–water partition coefficient (Wildman–Crippen LogP) is 0.315. The third-order valence-electron chi connectivity index (χ3n) is 3.76. The summed E-state index contributed by atoms with van der Waals surface area (Å²) in [6.07, 6.45) is 0. The topological polar surface area (TPSA) is 109 Å². The maximum Gasteiger partial charge on any atom is 0.244 e. The Labute approximate surface area is 154 Å². The number of anilines is 2. The van der Waals surface area contributed by atoms with E-state index >= 15 is 0 Å². The molecule has 26 heavy (non-hydrogen) atoms. The highest BCUT2D eigenvalue weighted by molar-refractivity contribution is 7.89. The van der Waals surface area contributed by atoms with E-state index in [4.69, 9.17) is 0 Å². The molecule has 0 saturated heterocycles. The van der Waals surface area contributed by atoms with Crippen LogP contribution in [0.1, 0.15) is 24.1 Å². The molecule has 0 aliphatic heterocycles. The Balaban J connectivity index is 2.32. The van der Waals surface area contributed by atoms with E-state index in [1.165, 1.54) is 0 Å². The Morgan fingerprint density at radius 3 is 1.96 bits per heavy atom. The lowest BCUT2D eigenvalue weighted by atomic mass is 10.4. The molecule has 144 valence electrons. The lowest BCUT2D eigenvalue weighted by molar-refractivity contribution is 0.576. The molecule has 0 fully saturated rings. The molecule has 0 unspecified atom stereocenters. The van der Waals surface area contributed by atoms with E-state index in [1.54, 1.807) is 28.3 Å². The van der Waals surface area contributed by atoms with Crippen molar-refractivity contribution >= 4 is 21.9 Å². The fraction of sp³-hybridized carbons (Fsp3) is 0.600. The van der Waals surface area contributed by atoms with Crippen LogP contribution in [0.5, 0.6) is 0 Å². The fourth-order valence-corrected chi connectivity index (χ4v) is 3.87. The normalized spacial score (nSPS) is 11.7. The van der Waals surface area contributed by atoms with Gasteiger partial charge in [-0.2, -0.15) is 20.1 Å². The van der Waals surface area contributed by atoms with Crippen molar-refractivity contribution in [1.29, 1.82) is 0 Å². The van der Waals surface area contributed by atoms with Gasteiger partial charge in [-0.05, 0) is 20.8 Å². The van der Waals surface area contributed by atoms with Crippen LogP contribution in [0, 0.1) is 13.8 Å². The van der Waals surface area contributed by atoms with Gasteiger partial charge in [0.15, 0.2) is 5.82 Å². The Bertz CT molecular complexity index is 863. The molecule has 2 heterocycles. The molecular formula is C15H26N8O2S. The van der Waals surface area contributed by atoms with Crippen LogP contribution in [-0.2, 0) is 23.1 Å². The van der Waals surface area contributed by atoms with Crippen LogP contribution in [0.15, 0.2) is 4.90 Å². The van der Waals surface area contributed by atoms with Gasteiger partial charge in [-0.15, -0.1) is 0 Å². The largest absolute Gasteiger partial charge is 0.347 e. The molecule has 0 radical (unpaired) electrons. The van der Waals surface area contributed by atoms with E-state index in [0.717, 1.165) is 0 Å². The molecular weight excluding hydrogens is 356 g/mol. The van der Waals surface area contributed by atoms with Crippen molar-refractivity contribution in [2.24, 2.45) is 0 Å². The molecule has 2 aromatic rings. The molecule has 0 bridgehead atoms. The highest BCUT2D eigenvalue weighted by Crippen LogP contribution is 2.19. The van der Waals surface area contributed by atoms with Gasteiger partial charge in [0.1, 0.15) is 4.90 Å². The van der Waals surface area contributed by atoms with Gasteiger partial charge in [-0.25, -0.2) is 13.1 Å². The van der Waals surface area contributed by atoms with E-state index in [2.05, 4.69) is 24.8 Å². The summed E-state index contributed by atoms with van der Waals surface area (Å²) in [5.74, 6) is 1.27. The Morgan fingerprint density at radius 1 is 1.00 bits per heavy atom. The van der Waals surface area contributed by atoms with Gasteiger partial charge in [0.25, 0.3) is 0 Å². The van der Waals surface area contributed by atoms with Gasteiger partial charge in [-0.3, -0.25) is 4.68 Å². The van der Waals surface area contributed by atoms with Gasteiger partial charge in [0.2, 0.25) is 21.9 Å². The number of hydrogen-bond donors (Lipinski definition) is 1. The number of aryl methyl sites for hydroxylation is 2. The van der Waals surface area contributed by atoms with Gasteiger partial charge < -0.3 is 9.80 Å². The summed E-state index contributed by atoms with van der Waals surface area (Å²) < 4.78 is 29.8. The Morgan fingerprint density at radius 2 is 1.54 bits per heavy atom. The third-order valence-corrected chi connectivity index (χ3v) is 5.41. The minimum Gasteiger partial charge on any atom is -0.347 e. The second kappa shape index (κ2) is 7.54. The van der Waals surface area contributed by atoms with Crippen LogP contribution < -0.4 is 14.5 Å². The van der Waals surface area contributed by atoms with Gasteiger partial charge in [-0.1, -0.05) is 0 Å². The minimum atomic E-state index is -3.74. The predicted molar refractivity (Wildman–Crippen MR) is 99.9 cm³/mol. The summed E-state index contributed by atoms with van der Waals surface area (Å²) in [5, 5.41) is 4.27. The SMILES string of the molecule is CCn1nc(C)c(S(=O)(=O)NCc2nc(N(C)C)nc(N(C)C)n2)c1C. The van der Waals surface area contributed by atoms with Crippen LogP contribution in [0.25, 0.3) is 0 Å². The fourth-order valence-electron chi connectivity index (χ4n) is 2.48. The first-order valence-corrected chi connectivity index (χ1v) is 9.68. The zero-order valence-corrected chi connectivity index (χ0v) is 17.1. The lowest BCUT2D eigenvalue weighted by Gasteiger charge is -2.16. The molecule has 0 aliphatic rings. The molecule has 0 aromatic carbocycles. The van der Waals surface area contributed by atoms with Crippen LogP contribution in [0.4, 0.5) is 11.9 Å². The average molecular weight is 382 g/mol. The summed E-state index contributed by atoms with van der Waals surface area (Å²) in [5.41, 5.74) is 1.08. The molecule has 0 atom stereocenters. The summed E-state index contributed by atoms with van der Waals surface area (Å²) >= 11 is 0. The van der Waals surface area contributed by atoms with Crippen LogP contribution >= 0.6 is 0 Å². The van der Waals surface area contributed by atoms with Gasteiger partial charge >= 0.3 is 0 Å². The number of aromatic nitrogens is 5. The quantitative estimate of drug-likeness (QED) is 0.729. The molecule has 2 rings (SSSR count). The Hall–Kier alpha value is -2.27. The van der Waals surface area contributed by atoms with Crippen molar-refractivity contribution in [3.63, 3.8) is 0 Å².